The number of phenols is 1. The molecule has 54 heavy (non-hydrogen) atoms. The van der Waals surface area contributed by atoms with Gasteiger partial charge in [0.15, 0.2) is 0 Å². The Kier molecular flexibility index (Phi) is 18.9. The van der Waals surface area contributed by atoms with Crippen LogP contribution < -0.4 is 37.6 Å². The van der Waals surface area contributed by atoms with E-state index in [4.69, 9.17) is 10.8 Å². The SMILES string of the molecule is CSCC[C@H](NC(=O)[C@H](Cc1ccccc1)NC(=O)CNC(=O)[C@@H](C)NC(=O)[C@@H](N)Cc1ccc(O)cc1)C(=O)N[C@H](C(=O)N[C@@H](CO)C(=O)O)C(C)O. The molecule has 2 rings (SSSR count). The highest BCUT2D eigenvalue weighted by Gasteiger charge is 2.33. The second-order valence-electron chi connectivity index (χ2n) is 12.4. The van der Waals surface area contributed by atoms with Gasteiger partial charge in [0.1, 0.15) is 36.0 Å². The van der Waals surface area contributed by atoms with Crippen molar-refractivity contribution in [3.05, 3.63) is 65.7 Å². The number of rotatable bonds is 22. The Labute approximate surface area is 316 Å². The van der Waals surface area contributed by atoms with Gasteiger partial charge in [-0.25, -0.2) is 4.79 Å². The third-order valence-electron chi connectivity index (χ3n) is 7.94. The number of hydrogen-bond donors (Lipinski definition) is 11. The number of aliphatic carboxylic acids is 1. The van der Waals surface area contributed by atoms with Gasteiger partial charge >= 0.3 is 5.97 Å². The minimum absolute atomic E-state index is 0.0228. The van der Waals surface area contributed by atoms with E-state index < -0.39 is 96.9 Å². The van der Waals surface area contributed by atoms with E-state index in [1.807, 2.05) is 5.32 Å². The predicted octanol–water partition coefficient (Wildman–Crippen LogP) is -2.72. The summed E-state index contributed by atoms with van der Waals surface area (Å²) in [5.41, 5.74) is 7.31. The van der Waals surface area contributed by atoms with Crippen LogP contribution >= 0.6 is 11.8 Å². The smallest absolute Gasteiger partial charge is 0.328 e. The van der Waals surface area contributed by atoms with Gasteiger partial charge in [0, 0.05) is 6.42 Å². The molecule has 18 nitrogen and oxygen atoms in total. The summed E-state index contributed by atoms with van der Waals surface area (Å²) in [7, 11) is 0. The van der Waals surface area contributed by atoms with E-state index in [0.29, 0.717) is 16.9 Å². The molecule has 12 N–H and O–H groups in total. The summed E-state index contributed by atoms with van der Waals surface area (Å²) < 4.78 is 0. The van der Waals surface area contributed by atoms with Gasteiger partial charge in [-0.2, -0.15) is 11.8 Å². The number of amides is 6. The lowest BCUT2D eigenvalue weighted by Gasteiger charge is -2.27. The summed E-state index contributed by atoms with van der Waals surface area (Å²) in [6.07, 6.45) is 0.436. The monoisotopic (exact) mass is 775 g/mol. The standard InChI is InChI=1S/C35H49N7O11S/c1-19(38-31(48)24(36)15-22-9-11-23(45)12-10-22)30(47)37-17-28(46)39-26(16-21-7-5-4-6-8-21)33(50)40-25(13-14-54-3)32(49)42-29(20(2)44)34(51)41-27(18-43)35(52)53/h4-12,19-20,24-27,29,43-45H,13-18,36H2,1-3H3,(H,37,47)(H,38,48)(H,39,46)(H,40,50)(H,41,51)(H,42,49)(H,52,53)/t19-,20?,24+,25+,26+,27+,29+/m1/s1. The first kappa shape index (κ1) is 44.9. The lowest BCUT2D eigenvalue weighted by atomic mass is 10.0. The third-order valence-corrected chi connectivity index (χ3v) is 8.59. The Balaban J connectivity index is 2.11. The van der Waals surface area contributed by atoms with Gasteiger partial charge in [0.25, 0.3) is 0 Å². The minimum atomic E-state index is -1.70. The molecule has 2 aromatic rings. The molecule has 0 bridgehead atoms. The van der Waals surface area contributed by atoms with Crippen LogP contribution in [-0.2, 0) is 46.4 Å². The van der Waals surface area contributed by atoms with Gasteiger partial charge in [0.2, 0.25) is 35.4 Å². The zero-order valence-electron chi connectivity index (χ0n) is 30.1. The molecule has 296 valence electrons. The Bertz CT molecular complexity index is 1580. The second kappa shape index (κ2) is 22.7. The molecular weight excluding hydrogens is 726 g/mol. The van der Waals surface area contributed by atoms with Crippen molar-refractivity contribution < 1.29 is 54.0 Å². The van der Waals surface area contributed by atoms with Crippen LogP contribution in [0.2, 0.25) is 0 Å². The van der Waals surface area contributed by atoms with Crippen LogP contribution in [0.3, 0.4) is 0 Å². The normalized spacial score (nSPS) is 14.8. The van der Waals surface area contributed by atoms with Crippen molar-refractivity contribution in [1.82, 2.24) is 31.9 Å². The van der Waals surface area contributed by atoms with Crippen LogP contribution in [0.4, 0.5) is 0 Å². The van der Waals surface area contributed by atoms with Gasteiger partial charge in [-0.05, 0) is 62.0 Å². The molecule has 2 aromatic carbocycles. The van der Waals surface area contributed by atoms with Crippen LogP contribution in [0, 0.1) is 0 Å². The largest absolute Gasteiger partial charge is 0.508 e. The molecule has 1 unspecified atom stereocenters. The molecule has 6 amide bonds. The molecule has 0 saturated carbocycles. The second-order valence-corrected chi connectivity index (χ2v) is 13.4. The number of carbonyl (C=O) groups excluding carboxylic acids is 6. The molecule has 0 heterocycles. The number of nitrogens with one attached hydrogen (secondary N) is 6. The summed E-state index contributed by atoms with van der Waals surface area (Å²) in [6, 6.07) is 6.79. The van der Waals surface area contributed by atoms with E-state index in [-0.39, 0.29) is 25.0 Å². The van der Waals surface area contributed by atoms with Crippen molar-refractivity contribution in [1.29, 1.82) is 0 Å². The molecule has 0 fully saturated rings. The van der Waals surface area contributed by atoms with E-state index in [1.54, 1.807) is 48.7 Å². The van der Waals surface area contributed by atoms with Crippen molar-refractivity contribution in [3.8, 4) is 5.75 Å². The van der Waals surface area contributed by atoms with Crippen LogP contribution in [0.5, 0.6) is 5.75 Å². The van der Waals surface area contributed by atoms with Gasteiger partial charge in [0.05, 0.1) is 25.3 Å². The van der Waals surface area contributed by atoms with Gasteiger partial charge in [-0.3, -0.25) is 28.8 Å². The first-order valence-corrected chi connectivity index (χ1v) is 18.3. The summed E-state index contributed by atoms with van der Waals surface area (Å²) in [5, 5.41) is 52.4. The molecule has 0 saturated heterocycles. The summed E-state index contributed by atoms with van der Waals surface area (Å²) in [6.45, 7) is 1.05. The molecule has 0 radical (unpaired) electrons. The Morgan fingerprint density at radius 3 is 1.89 bits per heavy atom. The highest BCUT2D eigenvalue weighted by Crippen LogP contribution is 2.11. The maximum Gasteiger partial charge on any atom is 0.328 e. The quantitative estimate of drug-likeness (QED) is 0.0580. The molecule has 0 aliphatic rings. The molecule has 0 aromatic heterocycles. The maximum atomic E-state index is 13.7. The summed E-state index contributed by atoms with van der Waals surface area (Å²) in [5.74, 6) is -5.97. The number of thioether (sulfide) groups is 1. The predicted molar refractivity (Wildman–Crippen MR) is 198 cm³/mol. The van der Waals surface area contributed by atoms with E-state index in [2.05, 4.69) is 26.6 Å². The number of nitrogens with two attached hydrogens (primary N) is 1. The molecule has 7 atom stereocenters. The fourth-order valence-electron chi connectivity index (χ4n) is 4.87. The lowest BCUT2D eigenvalue weighted by molar-refractivity contribution is -0.144. The average molecular weight is 776 g/mol. The van der Waals surface area contributed by atoms with E-state index in [9.17, 15) is 48.9 Å². The van der Waals surface area contributed by atoms with Crippen molar-refractivity contribution in [2.45, 2.75) is 75.5 Å². The van der Waals surface area contributed by atoms with E-state index in [1.165, 1.54) is 37.7 Å². The number of carbonyl (C=O) groups is 7. The van der Waals surface area contributed by atoms with Crippen molar-refractivity contribution >= 4 is 53.2 Å². The molecule has 19 heteroatoms. The van der Waals surface area contributed by atoms with Gasteiger partial charge < -0.3 is 58.1 Å². The maximum absolute atomic E-state index is 13.7. The topological polar surface area (TPSA) is 299 Å². The van der Waals surface area contributed by atoms with E-state index in [0.717, 1.165) is 0 Å². The zero-order valence-corrected chi connectivity index (χ0v) is 30.9. The number of aromatic hydroxyl groups is 1. The number of aliphatic hydroxyl groups is 2. The number of aliphatic hydroxyl groups excluding tert-OH is 2. The Morgan fingerprint density at radius 1 is 0.722 bits per heavy atom. The Morgan fingerprint density at radius 2 is 1.31 bits per heavy atom. The lowest BCUT2D eigenvalue weighted by Crippen LogP contribution is -2.61. The number of benzene rings is 2. The average Bonchev–Trinajstić information content (AvgIpc) is 3.13. The fraction of sp³-hybridized carbons (Fsp3) is 0.457. The Hall–Kier alpha value is -5.24. The highest BCUT2D eigenvalue weighted by molar-refractivity contribution is 7.98. The molecule has 0 spiro atoms. The first-order chi connectivity index (χ1) is 25.6. The molecule has 0 aliphatic heterocycles. The van der Waals surface area contributed by atoms with Crippen LogP contribution in [0.15, 0.2) is 54.6 Å². The molecular formula is C35H49N7O11S. The minimum Gasteiger partial charge on any atom is -0.508 e. The highest BCUT2D eigenvalue weighted by atomic mass is 32.2. The zero-order chi connectivity index (χ0) is 40.4. The fourth-order valence-corrected chi connectivity index (χ4v) is 5.34. The van der Waals surface area contributed by atoms with Gasteiger partial charge in [-0.15, -0.1) is 0 Å². The molecule has 0 aliphatic carbocycles. The summed E-state index contributed by atoms with van der Waals surface area (Å²) in [4.78, 5) is 89.4. The van der Waals surface area contributed by atoms with Crippen LogP contribution in [0.1, 0.15) is 31.4 Å². The third kappa shape index (κ3) is 15.4. The number of phenolic OH excluding ortho intramolecular Hbond substituents is 1. The van der Waals surface area contributed by atoms with E-state index >= 15 is 0 Å². The summed E-state index contributed by atoms with van der Waals surface area (Å²) >= 11 is 1.35. The number of hydrogen-bond acceptors (Lipinski definition) is 12. The van der Waals surface area contributed by atoms with Crippen molar-refractivity contribution in [2.75, 3.05) is 25.2 Å². The van der Waals surface area contributed by atoms with Crippen molar-refractivity contribution in [3.63, 3.8) is 0 Å². The van der Waals surface area contributed by atoms with Crippen LogP contribution in [-0.4, -0.2) is 129 Å². The van der Waals surface area contributed by atoms with Crippen LogP contribution in [0.25, 0.3) is 0 Å². The number of carboxylic acids is 1. The van der Waals surface area contributed by atoms with Gasteiger partial charge in [-0.1, -0.05) is 42.5 Å². The first-order valence-electron chi connectivity index (χ1n) is 16.9. The number of carboxylic acid groups (broad SMARTS) is 1. The van der Waals surface area contributed by atoms with Crippen molar-refractivity contribution in [2.24, 2.45) is 5.73 Å².